The second-order valence-corrected chi connectivity index (χ2v) is 2.83. The molecule has 1 rings (SSSR count). The monoisotopic (exact) mass is 178 g/mol. The summed E-state index contributed by atoms with van der Waals surface area (Å²) in [7, 11) is 1.72. The first-order valence-corrected chi connectivity index (χ1v) is 4.09. The lowest BCUT2D eigenvalue weighted by Gasteiger charge is -2.07. The van der Waals surface area contributed by atoms with Gasteiger partial charge < -0.3 is 10.4 Å². The van der Waals surface area contributed by atoms with Crippen molar-refractivity contribution in [2.75, 3.05) is 7.05 Å². The average Bonchev–Trinajstić information content (AvgIpc) is 2.17. The van der Waals surface area contributed by atoms with Gasteiger partial charge in [0.2, 0.25) is 6.29 Å². The molecule has 3 nitrogen and oxygen atoms in total. The van der Waals surface area contributed by atoms with Crippen LogP contribution in [0.15, 0.2) is 24.3 Å². The Kier molecular flexibility index (Phi) is 3.46. The van der Waals surface area contributed by atoms with E-state index in [4.69, 9.17) is 5.11 Å². The highest BCUT2D eigenvalue weighted by molar-refractivity contribution is 5.59. The summed E-state index contributed by atoms with van der Waals surface area (Å²) in [5, 5.41) is 11.8. The van der Waals surface area contributed by atoms with E-state index in [1.165, 1.54) is 0 Å². The van der Waals surface area contributed by atoms with Crippen molar-refractivity contribution in [3.63, 3.8) is 0 Å². The Hall–Kier alpha value is -1.35. The minimum Gasteiger partial charge on any atom is -0.508 e. The van der Waals surface area contributed by atoms with Crippen LogP contribution in [0.1, 0.15) is 5.56 Å². The van der Waals surface area contributed by atoms with Crippen LogP contribution in [0, 0.1) is 0 Å². The minimum absolute atomic E-state index is 0.236. The molecule has 0 heterocycles. The largest absolute Gasteiger partial charge is 0.508 e. The maximum Gasteiger partial charge on any atom is 0.217 e. The first kappa shape index (κ1) is 9.74. The normalized spacial score (nSPS) is 12.4. The first-order valence-electron chi connectivity index (χ1n) is 4.09. The predicted octanol–water partition coefficient (Wildman–Crippen LogP) is 0.632. The van der Waals surface area contributed by atoms with Crippen molar-refractivity contribution in [1.29, 1.82) is 0 Å². The van der Waals surface area contributed by atoms with Gasteiger partial charge >= 0.3 is 0 Å². The Morgan fingerprint density at radius 3 is 2.54 bits per heavy atom. The fraction of sp³-hybridized carbons (Fsp3) is 0.300. The Balaban J connectivity index is 2.63. The van der Waals surface area contributed by atoms with Gasteiger partial charge in [0, 0.05) is 0 Å². The molecule has 1 aromatic carbocycles. The van der Waals surface area contributed by atoms with E-state index in [2.05, 4.69) is 5.32 Å². The lowest BCUT2D eigenvalue weighted by Crippen LogP contribution is -2.28. The molecule has 0 aromatic heterocycles. The van der Waals surface area contributed by atoms with Gasteiger partial charge in [-0.2, -0.15) is 0 Å². The zero-order valence-corrected chi connectivity index (χ0v) is 7.45. The highest BCUT2D eigenvalue weighted by atomic mass is 16.3. The van der Waals surface area contributed by atoms with Crippen LogP contribution in [0.25, 0.3) is 0 Å². The van der Waals surface area contributed by atoms with Gasteiger partial charge in [-0.3, -0.25) is 4.79 Å². The maximum absolute atomic E-state index is 10.4. The Morgan fingerprint density at radius 1 is 1.46 bits per heavy atom. The molecular weight excluding hydrogens is 166 g/mol. The van der Waals surface area contributed by atoms with Crippen molar-refractivity contribution in [3.05, 3.63) is 29.8 Å². The lowest BCUT2D eigenvalue weighted by molar-refractivity contribution is 0.475. The fourth-order valence-corrected chi connectivity index (χ4v) is 1.07. The van der Waals surface area contributed by atoms with Gasteiger partial charge in [-0.05, 0) is 31.2 Å². The van der Waals surface area contributed by atoms with E-state index in [0.29, 0.717) is 6.42 Å². The number of aromatic hydroxyl groups is 1. The van der Waals surface area contributed by atoms with Gasteiger partial charge in [-0.25, -0.2) is 0 Å². The zero-order valence-electron chi connectivity index (χ0n) is 7.45. The van der Waals surface area contributed by atoms with Gasteiger partial charge in [0.25, 0.3) is 0 Å². The molecule has 0 aliphatic rings. The molecule has 13 heavy (non-hydrogen) atoms. The molecule has 0 bridgehead atoms. The summed E-state index contributed by atoms with van der Waals surface area (Å²) < 4.78 is 0. The number of rotatable bonds is 4. The molecule has 69 valence electrons. The molecule has 0 saturated carbocycles. The molecule has 2 N–H and O–H groups in total. The number of hydrogen-bond acceptors (Lipinski definition) is 3. The molecule has 0 saturated heterocycles. The van der Waals surface area contributed by atoms with Crippen LogP contribution in [0.2, 0.25) is 0 Å². The van der Waals surface area contributed by atoms with Crippen molar-refractivity contribution in [2.45, 2.75) is 12.5 Å². The van der Waals surface area contributed by atoms with Gasteiger partial charge in [0.15, 0.2) is 0 Å². The van der Waals surface area contributed by atoms with Crippen LogP contribution in [-0.4, -0.2) is 24.5 Å². The average molecular weight is 178 g/mol. The summed E-state index contributed by atoms with van der Waals surface area (Å²) >= 11 is 0. The second kappa shape index (κ2) is 4.62. The van der Waals surface area contributed by atoms with Crippen molar-refractivity contribution in [1.82, 2.24) is 5.32 Å². The molecule has 0 unspecified atom stereocenters. The molecule has 0 fully saturated rings. The van der Waals surface area contributed by atoms with Crippen LogP contribution in [0.4, 0.5) is 0 Å². The van der Waals surface area contributed by atoms with Crippen LogP contribution >= 0.6 is 0 Å². The summed E-state index contributed by atoms with van der Waals surface area (Å²) in [5.41, 5.74) is 1.00. The third kappa shape index (κ3) is 2.87. The second-order valence-electron chi connectivity index (χ2n) is 2.83. The fourth-order valence-electron chi connectivity index (χ4n) is 1.07. The van der Waals surface area contributed by atoms with Crippen LogP contribution in [0.3, 0.4) is 0 Å². The standard InChI is InChI=1S/C10H12NO2/c1-11-9(7-12)6-8-2-4-10(13)5-3-8/h2-5,9,11,13H,6H2,1H3/t9-/m1/s1. The van der Waals surface area contributed by atoms with Crippen LogP contribution in [0.5, 0.6) is 5.75 Å². The van der Waals surface area contributed by atoms with Gasteiger partial charge in [0.1, 0.15) is 5.75 Å². The van der Waals surface area contributed by atoms with Crippen LogP contribution < -0.4 is 5.32 Å². The van der Waals surface area contributed by atoms with Crippen molar-refractivity contribution < 1.29 is 9.90 Å². The van der Waals surface area contributed by atoms with Crippen molar-refractivity contribution in [2.24, 2.45) is 0 Å². The Bertz CT molecular complexity index is 269. The van der Waals surface area contributed by atoms with Crippen molar-refractivity contribution in [3.8, 4) is 5.75 Å². The minimum atomic E-state index is -0.274. The number of phenolic OH excluding ortho intramolecular Hbond substituents is 1. The number of carbonyl (C=O) groups excluding carboxylic acids is 1. The molecule has 0 aliphatic carbocycles. The number of benzene rings is 1. The third-order valence-corrected chi connectivity index (χ3v) is 1.87. The molecule has 0 aliphatic heterocycles. The number of likely N-dealkylation sites (N-methyl/N-ethyl adjacent to an activating group) is 1. The number of nitrogens with one attached hydrogen (secondary N) is 1. The number of phenols is 1. The molecule has 1 radical (unpaired) electrons. The zero-order chi connectivity index (χ0) is 9.68. The molecular formula is C10H12NO2. The smallest absolute Gasteiger partial charge is 0.217 e. The van der Waals surface area contributed by atoms with E-state index >= 15 is 0 Å². The lowest BCUT2D eigenvalue weighted by atomic mass is 10.1. The van der Waals surface area contributed by atoms with Gasteiger partial charge in [-0.15, -0.1) is 0 Å². The molecule has 1 aromatic rings. The third-order valence-electron chi connectivity index (χ3n) is 1.87. The summed E-state index contributed by atoms with van der Waals surface area (Å²) in [4.78, 5) is 10.4. The van der Waals surface area contributed by atoms with Crippen LogP contribution in [-0.2, 0) is 11.2 Å². The molecule has 0 spiro atoms. The first-order chi connectivity index (χ1) is 6.26. The van der Waals surface area contributed by atoms with E-state index in [-0.39, 0.29) is 11.8 Å². The van der Waals surface area contributed by atoms with E-state index in [9.17, 15) is 4.79 Å². The van der Waals surface area contributed by atoms with Gasteiger partial charge in [-0.1, -0.05) is 12.1 Å². The Labute approximate surface area is 77.4 Å². The van der Waals surface area contributed by atoms with E-state index in [0.717, 1.165) is 5.56 Å². The topological polar surface area (TPSA) is 49.3 Å². The van der Waals surface area contributed by atoms with E-state index in [1.807, 2.05) is 6.29 Å². The summed E-state index contributed by atoms with van der Waals surface area (Å²) in [6.45, 7) is 0. The quantitative estimate of drug-likeness (QED) is 0.711. The molecule has 3 heteroatoms. The summed E-state index contributed by atoms with van der Waals surface area (Å²) in [6.07, 6.45) is 2.49. The molecule has 1 atom stereocenters. The highest BCUT2D eigenvalue weighted by Crippen LogP contribution is 2.10. The summed E-state index contributed by atoms with van der Waals surface area (Å²) in [5.74, 6) is 0.236. The van der Waals surface area contributed by atoms with E-state index in [1.54, 1.807) is 31.3 Å². The SMILES string of the molecule is CN[C@@H]([C]=O)Cc1ccc(O)cc1. The summed E-state index contributed by atoms with van der Waals surface area (Å²) in [6, 6.07) is 6.51. The molecule has 0 amide bonds. The Morgan fingerprint density at radius 2 is 2.08 bits per heavy atom. The van der Waals surface area contributed by atoms with Crippen molar-refractivity contribution >= 4 is 6.29 Å². The van der Waals surface area contributed by atoms with Gasteiger partial charge in [0.05, 0.1) is 6.04 Å². The van der Waals surface area contributed by atoms with E-state index < -0.39 is 0 Å². The predicted molar refractivity (Wildman–Crippen MR) is 50.4 cm³/mol. The number of hydrogen-bond donors (Lipinski definition) is 2. The highest BCUT2D eigenvalue weighted by Gasteiger charge is 2.05. The maximum atomic E-state index is 10.4.